The highest BCUT2D eigenvalue weighted by molar-refractivity contribution is 7.20. The Balaban J connectivity index is 0.000000289. The lowest BCUT2D eigenvalue weighted by atomic mass is 9.12. The van der Waals surface area contributed by atoms with Crippen LogP contribution in [0.4, 0.5) is 87.8 Å². The van der Waals surface area contributed by atoms with Gasteiger partial charge in [-0.1, -0.05) is 42.5 Å². The van der Waals surface area contributed by atoms with Gasteiger partial charge < -0.3 is 5.11 Å². The minimum atomic E-state index is -7.22. The standard InChI is InChI=1S/C24BF20.C17H13NO2/c26-5-1(6(27)14(35)21(42)13(5)34)25(2-7(28)15(36)22(43)16(37)8(2)29,3-9(30)17(38)23(44)18(39)10(3)31)4-11(32)19(40)24(45)20(41)12(4)33;19-15-10-14-8-4-5-9-16(14)18(11-15)12-17(20)13-6-2-1-3-7-13/h;1-11H,12H2/q-1;/p+1. The van der Waals surface area contributed by atoms with Crippen LogP contribution >= 0.6 is 0 Å². The van der Waals surface area contributed by atoms with Crippen molar-refractivity contribution in [1.82, 2.24) is 0 Å². The molecule has 0 amide bonds. The van der Waals surface area contributed by atoms with Gasteiger partial charge in [-0.2, -0.15) is 4.57 Å². The molecule has 0 radical (unpaired) electrons. The zero-order valence-corrected chi connectivity index (χ0v) is 31.0. The predicted octanol–water partition coefficient (Wildman–Crippen LogP) is 8.56. The zero-order valence-electron chi connectivity index (χ0n) is 31.0. The van der Waals surface area contributed by atoms with Crippen LogP contribution in [-0.4, -0.2) is 17.0 Å². The van der Waals surface area contributed by atoms with Crippen LogP contribution < -0.4 is 26.4 Å². The molecular weight excluding hydrogens is 929 g/mol. The van der Waals surface area contributed by atoms with Gasteiger partial charge in [-0.3, -0.25) is 4.79 Å². The number of ketones is 1. The Kier molecular flexibility index (Phi) is 12.7. The summed E-state index contributed by atoms with van der Waals surface area (Å²) in [5, 5.41) is 10.7. The Hall–Kier alpha value is -7.14. The van der Waals surface area contributed by atoms with E-state index < -0.39 is 144 Å². The molecule has 0 unspecified atom stereocenters. The van der Waals surface area contributed by atoms with Crippen molar-refractivity contribution in [3.05, 3.63) is 189 Å². The first-order valence-electron chi connectivity index (χ1n) is 17.4. The summed E-state index contributed by atoms with van der Waals surface area (Å²) in [4.78, 5) is 12.3. The number of rotatable bonds is 7. The van der Waals surface area contributed by atoms with E-state index in [2.05, 4.69) is 0 Å². The van der Waals surface area contributed by atoms with Crippen LogP contribution in [0.3, 0.4) is 0 Å². The number of Topliss-reactive ketones (excluding diaryl/α,β-unsaturated/α-hetero) is 1. The number of carbonyl (C=O) groups excluding carboxylic acids is 1. The van der Waals surface area contributed by atoms with Gasteiger partial charge in [0.25, 0.3) is 0 Å². The van der Waals surface area contributed by atoms with Crippen molar-refractivity contribution in [2.45, 2.75) is 6.54 Å². The summed E-state index contributed by atoms with van der Waals surface area (Å²) in [6.07, 6.45) is -5.63. The molecule has 0 saturated heterocycles. The second-order valence-electron chi connectivity index (χ2n) is 13.5. The van der Waals surface area contributed by atoms with Crippen molar-refractivity contribution in [2.75, 3.05) is 0 Å². The van der Waals surface area contributed by atoms with Crippen LogP contribution in [0.25, 0.3) is 10.9 Å². The molecule has 7 aromatic rings. The minimum Gasteiger partial charge on any atom is -0.503 e. The number of benzene rings is 6. The number of aromatic hydroxyl groups is 1. The second-order valence-corrected chi connectivity index (χ2v) is 13.5. The van der Waals surface area contributed by atoms with Crippen LogP contribution in [0.2, 0.25) is 0 Å². The molecule has 6 aromatic carbocycles. The van der Waals surface area contributed by atoms with Crippen molar-refractivity contribution in [1.29, 1.82) is 0 Å². The Labute approximate surface area is 347 Å². The Bertz CT molecular complexity index is 2730. The zero-order chi connectivity index (χ0) is 48.3. The lowest BCUT2D eigenvalue weighted by molar-refractivity contribution is -0.657. The molecule has 24 heteroatoms. The van der Waals surface area contributed by atoms with Crippen LogP contribution in [-0.2, 0) is 6.54 Å². The first-order chi connectivity index (χ1) is 30.4. The van der Waals surface area contributed by atoms with Crippen molar-refractivity contribution < 1.29 is 102 Å². The van der Waals surface area contributed by atoms with Gasteiger partial charge in [0.15, 0.2) is 75.6 Å². The number of carbonyl (C=O) groups is 1. The second kappa shape index (κ2) is 17.4. The number of fused-ring (bicyclic) bond motifs is 1. The Morgan fingerprint density at radius 2 is 0.677 bits per heavy atom. The topological polar surface area (TPSA) is 41.2 Å². The van der Waals surface area contributed by atoms with Crippen molar-refractivity contribution >= 4 is 44.7 Å². The highest BCUT2D eigenvalue weighted by atomic mass is 19.2. The minimum absolute atomic E-state index is 0.0198. The van der Waals surface area contributed by atoms with E-state index >= 15 is 35.1 Å². The molecule has 0 spiro atoms. The van der Waals surface area contributed by atoms with E-state index in [0.717, 1.165) is 10.9 Å². The maximum atomic E-state index is 15.4. The first-order valence-corrected chi connectivity index (χ1v) is 17.4. The number of pyridine rings is 1. The van der Waals surface area contributed by atoms with Crippen LogP contribution in [0, 0.1) is 116 Å². The number of nitrogens with zero attached hydrogens (tertiary/aromatic N) is 1. The molecule has 65 heavy (non-hydrogen) atoms. The summed E-state index contributed by atoms with van der Waals surface area (Å²) in [6.45, 7) is 0.207. The molecule has 0 aliphatic rings. The molecule has 0 bridgehead atoms. The fraction of sp³-hybridized carbons (Fsp3) is 0.0244. The van der Waals surface area contributed by atoms with Gasteiger partial charge >= 0.3 is 0 Å². The largest absolute Gasteiger partial charge is 0.503 e. The fourth-order valence-corrected chi connectivity index (χ4v) is 7.17. The third-order valence-electron chi connectivity index (χ3n) is 9.95. The van der Waals surface area contributed by atoms with E-state index in [1.807, 2.05) is 42.5 Å². The summed E-state index contributed by atoms with van der Waals surface area (Å²) >= 11 is 0. The van der Waals surface area contributed by atoms with Gasteiger partial charge in [-0.05, 0) is 12.1 Å². The van der Waals surface area contributed by atoms with Gasteiger partial charge in [0, 0.05) is 11.6 Å². The molecule has 0 fully saturated rings. The van der Waals surface area contributed by atoms with Gasteiger partial charge in [0.2, 0.25) is 24.0 Å². The van der Waals surface area contributed by atoms with E-state index in [9.17, 15) is 62.6 Å². The third-order valence-corrected chi connectivity index (χ3v) is 9.95. The summed E-state index contributed by atoms with van der Waals surface area (Å²) in [5.41, 5.74) is -12.7. The summed E-state index contributed by atoms with van der Waals surface area (Å²) < 4.78 is 296. The van der Waals surface area contributed by atoms with E-state index in [-0.39, 0.29) is 18.1 Å². The van der Waals surface area contributed by atoms with Gasteiger partial charge in [-0.25, -0.2) is 87.8 Å². The Morgan fingerprint density at radius 3 is 1.00 bits per heavy atom. The highest BCUT2D eigenvalue weighted by Crippen LogP contribution is 2.31. The first kappa shape index (κ1) is 47.3. The molecule has 0 aliphatic heterocycles. The Morgan fingerprint density at radius 1 is 0.400 bits per heavy atom. The molecular formula is C41H14BF20NO2. The average Bonchev–Trinajstić information content (AvgIpc) is 3.29. The number of para-hydroxylation sites is 1. The number of aromatic nitrogens is 1. The smallest absolute Gasteiger partial charge is 0.227 e. The van der Waals surface area contributed by atoms with Gasteiger partial charge in [-0.15, -0.1) is 21.9 Å². The van der Waals surface area contributed by atoms with Crippen LogP contribution in [0.1, 0.15) is 10.4 Å². The lowest BCUT2D eigenvalue weighted by Crippen LogP contribution is -2.81. The summed E-state index contributed by atoms with van der Waals surface area (Å²) in [5.74, 6) is -71.2. The summed E-state index contributed by atoms with van der Waals surface area (Å²) in [7, 11) is 0. The number of hydrogen-bond acceptors (Lipinski definition) is 2. The monoisotopic (exact) mass is 943 g/mol. The number of hydrogen-bond donors (Lipinski definition) is 1. The van der Waals surface area contributed by atoms with Gasteiger partial charge in [0.1, 0.15) is 52.7 Å². The van der Waals surface area contributed by atoms with Crippen molar-refractivity contribution in [3.63, 3.8) is 0 Å². The molecule has 1 aromatic heterocycles. The molecule has 338 valence electrons. The van der Waals surface area contributed by atoms with Gasteiger partial charge in [0.05, 0.1) is 5.39 Å². The third kappa shape index (κ3) is 7.42. The molecule has 7 rings (SSSR count). The van der Waals surface area contributed by atoms with E-state index in [1.54, 1.807) is 29.0 Å². The normalized spacial score (nSPS) is 11.6. The molecule has 3 nitrogen and oxygen atoms in total. The fourth-order valence-electron chi connectivity index (χ4n) is 7.17. The maximum Gasteiger partial charge on any atom is 0.227 e. The molecule has 1 heterocycles. The SMILES string of the molecule is Fc1c(F)c(F)c([B-](c2c(F)c(F)c(F)c(F)c2F)(c2c(F)c(F)c(F)c(F)c2F)c2c(F)c(F)c(F)c(F)c2F)c(F)c1F.O=C(C[n+]1cc(O)cc2ccccc21)c1ccccc1. The quantitative estimate of drug-likeness (QED) is 0.0435. The van der Waals surface area contributed by atoms with Crippen LogP contribution in [0.15, 0.2) is 66.9 Å². The molecule has 1 N–H and O–H groups in total. The predicted molar refractivity (Wildman–Crippen MR) is 186 cm³/mol. The molecule has 0 saturated carbocycles. The van der Waals surface area contributed by atoms with Crippen molar-refractivity contribution in [3.8, 4) is 5.75 Å². The van der Waals surface area contributed by atoms with Crippen molar-refractivity contribution in [2.24, 2.45) is 0 Å². The highest BCUT2D eigenvalue weighted by Gasteiger charge is 2.52. The molecule has 0 atom stereocenters. The molecule has 0 aliphatic carbocycles. The number of halogens is 20. The van der Waals surface area contributed by atoms with Crippen LogP contribution in [0.5, 0.6) is 5.75 Å². The van der Waals surface area contributed by atoms with E-state index in [1.165, 1.54) is 0 Å². The van der Waals surface area contributed by atoms with E-state index in [4.69, 9.17) is 0 Å². The average molecular weight is 943 g/mol. The maximum absolute atomic E-state index is 15.4. The summed E-state index contributed by atoms with van der Waals surface area (Å²) in [6, 6.07) is 18.5. The van der Waals surface area contributed by atoms with E-state index in [0.29, 0.717) is 5.56 Å². The lowest BCUT2D eigenvalue weighted by Gasteiger charge is -2.44.